The Bertz CT molecular complexity index is 751. The highest BCUT2D eigenvalue weighted by atomic mass is 16.4. The summed E-state index contributed by atoms with van der Waals surface area (Å²) in [5.74, 6) is 0.804. The van der Waals surface area contributed by atoms with Gasteiger partial charge < -0.3 is 20.2 Å². The number of hydrogen-bond acceptors (Lipinski definition) is 4. The van der Waals surface area contributed by atoms with Crippen LogP contribution in [0.5, 0.6) is 0 Å². The molecule has 2 amide bonds. The SMILES string of the molecule is CC(C)CN1C[C@H](CCCCN(C(=O)O)C(C)(C)C)NC(=O)c2nn(CC(C)C)cc21. The van der Waals surface area contributed by atoms with Gasteiger partial charge in [0.05, 0.1) is 5.69 Å². The van der Waals surface area contributed by atoms with Crippen LogP contribution in [-0.4, -0.2) is 63.0 Å². The van der Waals surface area contributed by atoms with Gasteiger partial charge in [0.2, 0.25) is 0 Å². The molecule has 0 fully saturated rings. The van der Waals surface area contributed by atoms with Crippen molar-refractivity contribution in [3.63, 3.8) is 0 Å². The monoisotopic (exact) mass is 435 g/mol. The lowest BCUT2D eigenvalue weighted by atomic mass is 10.0. The Labute approximate surface area is 187 Å². The first kappa shape index (κ1) is 25.0. The molecule has 0 radical (unpaired) electrons. The number of amides is 2. The lowest BCUT2D eigenvalue weighted by molar-refractivity contribution is 0.0933. The van der Waals surface area contributed by atoms with Gasteiger partial charge in [0.1, 0.15) is 0 Å². The third kappa shape index (κ3) is 7.14. The molecule has 0 unspecified atom stereocenters. The molecule has 2 rings (SSSR count). The van der Waals surface area contributed by atoms with E-state index in [0.29, 0.717) is 24.1 Å². The number of rotatable bonds is 9. The zero-order valence-electron chi connectivity index (χ0n) is 20.3. The number of carbonyl (C=O) groups excluding carboxylic acids is 1. The third-order valence-corrected chi connectivity index (χ3v) is 5.44. The maximum absolute atomic E-state index is 12.9. The molecular formula is C23H41N5O3. The Morgan fingerprint density at radius 3 is 2.42 bits per heavy atom. The van der Waals surface area contributed by atoms with Crippen molar-refractivity contribution in [1.29, 1.82) is 0 Å². The van der Waals surface area contributed by atoms with E-state index in [4.69, 9.17) is 0 Å². The lowest BCUT2D eigenvalue weighted by Gasteiger charge is -2.33. The molecule has 0 spiro atoms. The zero-order valence-corrected chi connectivity index (χ0v) is 20.3. The third-order valence-electron chi connectivity index (χ3n) is 5.44. The molecule has 2 N–H and O–H groups in total. The van der Waals surface area contributed by atoms with Crippen LogP contribution in [0.15, 0.2) is 6.20 Å². The molecule has 2 heterocycles. The van der Waals surface area contributed by atoms with E-state index >= 15 is 0 Å². The van der Waals surface area contributed by atoms with Gasteiger partial charge >= 0.3 is 6.09 Å². The molecule has 1 aliphatic heterocycles. The summed E-state index contributed by atoms with van der Waals surface area (Å²) in [5, 5.41) is 17.2. The van der Waals surface area contributed by atoms with E-state index in [1.54, 1.807) is 0 Å². The van der Waals surface area contributed by atoms with E-state index in [-0.39, 0.29) is 11.9 Å². The number of carbonyl (C=O) groups is 2. The number of aromatic nitrogens is 2. The standard InChI is InChI=1S/C23H41N5O3/c1-16(2)12-26-14-18(10-8-9-11-28(22(30)31)23(5,6)7)24-21(29)20-19(26)15-27(25-20)13-17(3)4/h15-18H,8-14H2,1-7H3,(H,24,29)(H,30,31)/t18-/m0/s1. The molecule has 176 valence electrons. The van der Waals surface area contributed by atoms with Crippen molar-refractivity contribution in [3.8, 4) is 0 Å². The summed E-state index contributed by atoms with van der Waals surface area (Å²) in [5.41, 5.74) is 1.01. The second kappa shape index (κ2) is 10.4. The summed E-state index contributed by atoms with van der Waals surface area (Å²) in [6, 6.07) is 0.0203. The molecule has 31 heavy (non-hydrogen) atoms. The summed E-state index contributed by atoms with van der Waals surface area (Å²) >= 11 is 0. The Morgan fingerprint density at radius 2 is 1.87 bits per heavy atom. The normalized spacial score (nSPS) is 17.0. The van der Waals surface area contributed by atoms with Crippen LogP contribution >= 0.6 is 0 Å². The van der Waals surface area contributed by atoms with Crippen LogP contribution in [0.2, 0.25) is 0 Å². The smallest absolute Gasteiger partial charge is 0.407 e. The van der Waals surface area contributed by atoms with Crippen molar-refractivity contribution in [1.82, 2.24) is 20.0 Å². The highest BCUT2D eigenvalue weighted by molar-refractivity contribution is 5.98. The molecule has 0 aliphatic carbocycles. The Kier molecular flexibility index (Phi) is 8.37. The van der Waals surface area contributed by atoms with Crippen LogP contribution in [-0.2, 0) is 6.54 Å². The number of hydrogen-bond donors (Lipinski definition) is 2. The number of fused-ring (bicyclic) bond motifs is 1. The summed E-state index contributed by atoms with van der Waals surface area (Å²) < 4.78 is 1.88. The average Bonchev–Trinajstić information content (AvgIpc) is 2.97. The van der Waals surface area contributed by atoms with Gasteiger partial charge in [-0.2, -0.15) is 5.10 Å². The van der Waals surface area contributed by atoms with E-state index in [0.717, 1.165) is 44.6 Å². The first-order valence-corrected chi connectivity index (χ1v) is 11.5. The van der Waals surface area contributed by atoms with E-state index in [2.05, 4.69) is 43.0 Å². The first-order chi connectivity index (χ1) is 14.4. The van der Waals surface area contributed by atoms with Gasteiger partial charge in [0.25, 0.3) is 5.91 Å². The number of nitrogens with one attached hydrogen (secondary N) is 1. The molecule has 1 aliphatic rings. The van der Waals surface area contributed by atoms with Crippen LogP contribution in [0.3, 0.4) is 0 Å². The van der Waals surface area contributed by atoms with Crippen LogP contribution in [0.25, 0.3) is 0 Å². The quantitative estimate of drug-likeness (QED) is 0.571. The molecule has 0 saturated heterocycles. The minimum Gasteiger partial charge on any atom is -0.465 e. The van der Waals surface area contributed by atoms with Gasteiger partial charge in [-0.3, -0.25) is 9.48 Å². The number of carboxylic acid groups (broad SMARTS) is 1. The van der Waals surface area contributed by atoms with Crippen LogP contribution in [0, 0.1) is 11.8 Å². The molecule has 1 aromatic heterocycles. The minimum atomic E-state index is -0.887. The Balaban J connectivity index is 2.05. The number of anilines is 1. The van der Waals surface area contributed by atoms with Crippen LogP contribution in [0.4, 0.5) is 10.5 Å². The lowest BCUT2D eigenvalue weighted by Crippen LogP contribution is -2.45. The first-order valence-electron chi connectivity index (χ1n) is 11.5. The molecule has 8 nitrogen and oxygen atoms in total. The van der Waals surface area contributed by atoms with Gasteiger partial charge in [-0.15, -0.1) is 0 Å². The van der Waals surface area contributed by atoms with E-state index in [9.17, 15) is 14.7 Å². The molecule has 1 atom stereocenters. The van der Waals surface area contributed by atoms with Crippen molar-refractivity contribution < 1.29 is 14.7 Å². The topological polar surface area (TPSA) is 90.7 Å². The molecule has 0 bridgehead atoms. The van der Waals surface area contributed by atoms with Gasteiger partial charge in [0, 0.05) is 44.0 Å². The van der Waals surface area contributed by atoms with Crippen molar-refractivity contribution in [2.45, 2.75) is 85.9 Å². The predicted octanol–water partition coefficient (Wildman–Crippen LogP) is 4.06. The molecule has 0 saturated carbocycles. The summed E-state index contributed by atoms with van der Waals surface area (Å²) in [6.07, 6.45) is 3.56. The Morgan fingerprint density at radius 1 is 1.23 bits per heavy atom. The molecular weight excluding hydrogens is 394 g/mol. The fraction of sp³-hybridized carbons (Fsp3) is 0.783. The minimum absolute atomic E-state index is 0.0203. The molecule has 8 heteroatoms. The summed E-state index contributed by atoms with van der Waals surface area (Å²) in [6.45, 7) is 17.3. The van der Waals surface area contributed by atoms with E-state index < -0.39 is 11.6 Å². The Hall–Kier alpha value is -2.25. The second-order valence-corrected chi connectivity index (χ2v) is 10.5. The van der Waals surface area contributed by atoms with Crippen molar-refractivity contribution >= 4 is 17.7 Å². The van der Waals surface area contributed by atoms with Gasteiger partial charge in [-0.25, -0.2) is 4.79 Å². The maximum atomic E-state index is 12.9. The number of nitrogens with zero attached hydrogens (tertiary/aromatic N) is 4. The second-order valence-electron chi connectivity index (χ2n) is 10.5. The predicted molar refractivity (Wildman–Crippen MR) is 124 cm³/mol. The van der Waals surface area contributed by atoms with E-state index in [1.807, 2.05) is 31.6 Å². The largest absolute Gasteiger partial charge is 0.465 e. The van der Waals surface area contributed by atoms with Crippen LogP contribution in [0.1, 0.15) is 78.2 Å². The van der Waals surface area contributed by atoms with Gasteiger partial charge in [0.15, 0.2) is 5.69 Å². The highest BCUT2D eigenvalue weighted by Crippen LogP contribution is 2.25. The number of unbranched alkanes of at least 4 members (excludes halogenated alkanes) is 1. The highest BCUT2D eigenvalue weighted by Gasteiger charge is 2.30. The average molecular weight is 436 g/mol. The zero-order chi connectivity index (χ0) is 23.3. The van der Waals surface area contributed by atoms with Crippen LogP contribution < -0.4 is 10.2 Å². The van der Waals surface area contributed by atoms with Gasteiger partial charge in [-0.05, 0) is 51.9 Å². The molecule has 1 aromatic rings. The van der Waals surface area contributed by atoms with Crippen molar-refractivity contribution in [3.05, 3.63) is 11.9 Å². The maximum Gasteiger partial charge on any atom is 0.407 e. The van der Waals surface area contributed by atoms with E-state index in [1.165, 1.54) is 4.90 Å². The van der Waals surface area contributed by atoms with Crippen molar-refractivity contribution in [2.24, 2.45) is 11.8 Å². The molecule has 0 aromatic carbocycles. The summed E-state index contributed by atoms with van der Waals surface area (Å²) in [7, 11) is 0. The van der Waals surface area contributed by atoms with Crippen molar-refractivity contribution in [2.75, 3.05) is 24.5 Å². The fourth-order valence-corrected chi connectivity index (χ4v) is 4.09. The fourth-order valence-electron chi connectivity index (χ4n) is 4.09. The van der Waals surface area contributed by atoms with Gasteiger partial charge in [-0.1, -0.05) is 27.7 Å². The summed E-state index contributed by atoms with van der Waals surface area (Å²) in [4.78, 5) is 28.2.